The van der Waals surface area contributed by atoms with E-state index in [9.17, 15) is 19.1 Å². The molecule has 2 aliphatic heterocycles. The largest absolute Gasteiger partial charge is 0.478 e. The molecule has 2 aromatic rings. The Hall–Kier alpha value is -2.71. The van der Waals surface area contributed by atoms with E-state index < -0.39 is 23.9 Å². The number of likely N-dealkylation sites (N-methyl/N-ethyl adjacent to an activating group) is 1. The first-order valence-electron chi connectivity index (χ1n) is 11.2. The third-order valence-electron chi connectivity index (χ3n) is 5.94. The molecule has 3 heterocycles. The number of rotatable bonds is 8. The number of carboxylic acid groups (broad SMARTS) is 1. The first-order valence-corrected chi connectivity index (χ1v) is 12.8. The Morgan fingerprint density at radius 2 is 2.22 bits per heavy atom. The summed E-state index contributed by atoms with van der Waals surface area (Å²) in [6.45, 7) is 3.38. The van der Waals surface area contributed by atoms with Gasteiger partial charge in [0, 0.05) is 41.4 Å². The van der Waals surface area contributed by atoms with Crippen LogP contribution in [0.25, 0.3) is 0 Å². The molecule has 1 amide bonds. The van der Waals surface area contributed by atoms with Gasteiger partial charge in [-0.25, -0.2) is 19.6 Å². The molecule has 1 fully saturated rings. The van der Waals surface area contributed by atoms with E-state index >= 15 is 0 Å². The summed E-state index contributed by atoms with van der Waals surface area (Å²) < 4.78 is 19.8. The van der Waals surface area contributed by atoms with E-state index in [-0.39, 0.29) is 24.6 Å². The Kier molecular flexibility index (Phi) is 8.46. The second kappa shape index (κ2) is 11.6. The molecule has 13 heteroatoms. The number of hydrogen-bond donors (Lipinski definition) is 2. The van der Waals surface area contributed by atoms with Crippen molar-refractivity contribution < 1.29 is 28.7 Å². The molecule has 0 spiro atoms. The van der Waals surface area contributed by atoms with Crippen LogP contribution in [0.4, 0.5) is 4.39 Å². The van der Waals surface area contributed by atoms with Crippen molar-refractivity contribution in [2.24, 2.45) is 4.99 Å². The molecule has 0 saturated carbocycles. The molecule has 0 bridgehead atoms. The van der Waals surface area contributed by atoms with Gasteiger partial charge in [0.15, 0.2) is 10.8 Å². The number of nitrogens with zero attached hydrogens (tertiary/aromatic N) is 4. The van der Waals surface area contributed by atoms with Crippen LogP contribution in [0.15, 0.2) is 50.5 Å². The summed E-state index contributed by atoms with van der Waals surface area (Å²) in [5, 5.41) is 12.8. The van der Waals surface area contributed by atoms with Crippen LogP contribution in [0.3, 0.4) is 0 Å². The molecule has 2 unspecified atom stereocenters. The highest BCUT2D eigenvalue weighted by molar-refractivity contribution is 9.10. The molecule has 2 aliphatic rings. The van der Waals surface area contributed by atoms with Crippen molar-refractivity contribution in [2.45, 2.75) is 19.0 Å². The third-order valence-corrected chi connectivity index (χ3v) is 7.40. The Bertz CT molecular complexity index is 1190. The number of hydroxylamine groups is 1. The maximum absolute atomic E-state index is 13.9. The van der Waals surface area contributed by atoms with Crippen molar-refractivity contribution in [2.75, 3.05) is 40.0 Å². The Morgan fingerprint density at radius 1 is 1.42 bits per heavy atom. The fourth-order valence-electron chi connectivity index (χ4n) is 4.32. The number of carboxylic acids is 1. The van der Waals surface area contributed by atoms with Crippen LogP contribution >= 0.6 is 27.3 Å². The highest BCUT2D eigenvalue weighted by Gasteiger charge is 2.39. The summed E-state index contributed by atoms with van der Waals surface area (Å²) in [5.41, 5.74) is 3.36. The summed E-state index contributed by atoms with van der Waals surface area (Å²) in [6, 6.07) is 2.47. The van der Waals surface area contributed by atoms with Gasteiger partial charge in [0.2, 0.25) is 0 Å². The fraction of sp³-hybridized carbons (Fsp3) is 0.391. The van der Waals surface area contributed by atoms with Crippen LogP contribution in [0.2, 0.25) is 0 Å². The number of thiazole rings is 1. The van der Waals surface area contributed by atoms with Crippen molar-refractivity contribution >= 4 is 45.0 Å². The van der Waals surface area contributed by atoms with E-state index in [1.807, 2.05) is 22.1 Å². The lowest BCUT2D eigenvalue weighted by molar-refractivity contribution is -0.142. The van der Waals surface area contributed by atoms with Gasteiger partial charge in [-0.3, -0.25) is 19.5 Å². The molecule has 1 saturated heterocycles. The lowest BCUT2D eigenvalue weighted by Crippen LogP contribution is -2.55. The van der Waals surface area contributed by atoms with Gasteiger partial charge in [0.1, 0.15) is 17.9 Å². The molecule has 10 nitrogen and oxygen atoms in total. The second-order valence-corrected chi connectivity index (χ2v) is 9.75. The van der Waals surface area contributed by atoms with Crippen molar-refractivity contribution in [3.63, 3.8) is 0 Å². The van der Waals surface area contributed by atoms with Gasteiger partial charge in [-0.1, -0.05) is 22.0 Å². The summed E-state index contributed by atoms with van der Waals surface area (Å²) in [7, 11) is 1.35. The standard InChI is InChI=1S/C23H25BrFN5O5S/c1-3-30-16(11-29-7-8-35-12-17(29)21(31)28-34-2)18(23(32)33)19(14-5-4-13(25)10-15(14)24)27-20(30)22-26-6-9-36-22/h4-6,9-10,17,19H,3,7-8,11-12H2,1-2H3,(H,28,31)(H,32,33). The van der Waals surface area contributed by atoms with E-state index in [4.69, 9.17) is 14.6 Å². The number of carbonyl (C=O) groups excluding carboxylic acids is 1. The van der Waals surface area contributed by atoms with E-state index in [1.54, 1.807) is 6.20 Å². The molecule has 4 rings (SSSR count). The van der Waals surface area contributed by atoms with Gasteiger partial charge in [0.25, 0.3) is 5.91 Å². The molecular weight excluding hydrogens is 557 g/mol. The Labute approximate surface area is 219 Å². The normalized spacial score (nSPS) is 20.9. The number of aromatic nitrogens is 1. The topological polar surface area (TPSA) is 117 Å². The maximum Gasteiger partial charge on any atom is 0.335 e. The van der Waals surface area contributed by atoms with Crippen LogP contribution in [0, 0.1) is 5.82 Å². The van der Waals surface area contributed by atoms with Gasteiger partial charge < -0.3 is 14.7 Å². The van der Waals surface area contributed by atoms with E-state index in [0.717, 1.165) is 0 Å². The smallest absolute Gasteiger partial charge is 0.335 e. The van der Waals surface area contributed by atoms with Crippen molar-refractivity contribution in [3.05, 3.63) is 61.9 Å². The number of amides is 1. The van der Waals surface area contributed by atoms with Crippen LogP contribution in [-0.4, -0.2) is 83.6 Å². The first kappa shape index (κ1) is 26.4. The van der Waals surface area contributed by atoms with Gasteiger partial charge in [-0.2, -0.15) is 0 Å². The van der Waals surface area contributed by atoms with Crippen LogP contribution in [0.1, 0.15) is 23.5 Å². The summed E-state index contributed by atoms with van der Waals surface area (Å²) in [4.78, 5) is 43.1. The summed E-state index contributed by atoms with van der Waals surface area (Å²) in [6.07, 6.45) is 1.66. The summed E-state index contributed by atoms with van der Waals surface area (Å²) in [5.74, 6) is -1.49. The number of nitrogens with one attached hydrogen (secondary N) is 1. The number of ether oxygens (including phenoxy) is 1. The molecule has 0 radical (unpaired) electrons. The van der Waals surface area contributed by atoms with Crippen LogP contribution in [-0.2, 0) is 19.2 Å². The SMILES string of the molecule is CCN1C(c2nccs2)=NC(c2ccc(F)cc2Br)C(C(=O)O)=C1CN1CCOCC1C(=O)NOC. The predicted molar refractivity (Wildman–Crippen MR) is 134 cm³/mol. The van der Waals surface area contributed by atoms with Crippen LogP contribution < -0.4 is 5.48 Å². The zero-order chi connectivity index (χ0) is 25.8. The minimum absolute atomic E-state index is 0.0434. The average Bonchev–Trinajstić information content (AvgIpc) is 3.38. The molecule has 2 N–H and O–H groups in total. The number of halogens is 2. The molecule has 1 aromatic heterocycles. The van der Waals surface area contributed by atoms with E-state index in [2.05, 4.69) is 26.4 Å². The zero-order valence-corrected chi connectivity index (χ0v) is 22.0. The third kappa shape index (κ3) is 5.34. The predicted octanol–water partition coefficient (Wildman–Crippen LogP) is 2.59. The first-order chi connectivity index (χ1) is 17.3. The molecule has 1 aromatic carbocycles. The number of aliphatic imine (C=N–C) groups is 1. The minimum atomic E-state index is -1.15. The minimum Gasteiger partial charge on any atom is -0.478 e. The monoisotopic (exact) mass is 581 g/mol. The highest BCUT2D eigenvalue weighted by Crippen LogP contribution is 2.39. The maximum atomic E-state index is 13.9. The lowest BCUT2D eigenvalue weighted by atomic mass is 9.94. The second-order valence-electron chi connectivity index (χ2n) is 8.00. The van der Waals surface area contributed by atoms with E-state index in [1.165, 1.54) is 36.6 Å². The van der Waals surface area contributed by atoms with Gasteiger partial charge in [-0.15, -0.1) is 11.3 Å². The average molecular weight is 582 g/mol. The zero-order valence-electron chi connectivity index (χ0n) is 19.6. The number of carbonyl (C=O) groups is 2. The highest BCUT2D eigenvalue weighted by atomic mass is 79.9. The van der Waals surface area contributed by atoms with Gasteiger partial charge in [-0.05, 0) is 24.6 Å². The number of benzene rings is 1. The van der Waals surface area contributed by atoms with Crippen LogP contribution in [0.5, 0.6) is 0 Å². The molecule has 0 aliphatic carbocycles. The van der Waals surface area contributed by atoms with Gasteiger partial charge >= 0.3 is 5.97 Å². The molecule has 2 atom stereocenters. The summed E-state index contributed by atoms with van der Waals surface area (Å²) >= 11 is 4.76. The molecular formula is C23H25BrFN5O5S. The van der Waals surface area contributed by atoms with Crippen molar-refractivity contribution in [3.8, 4) is 0 Å². The number of morpholine rings is 1. The Morgan fingerprint density at radius 3 is 2.86 bits per heavy atom. The molecule has 36 heavy (non-hydrogen) atoms. The van der Waals surface area contributed by atoms with Crippen molar-refractivity contribution in [1.29, 1.82) is 0 Å². The lowest BCUT2D eigenvalue weighted by Gasteiger charge is -2.40. The van der Waals surface area contributed by atoms with Gasteiger partial charge in [0.05, 0.1) is 25.9 Å². The number of amidine groups is 1. The Balaban J connectivity index is 1.86. The molecule has 192 valence electrons. The van der Waals surface area contributed by atoms with E-state index in [0.29, 0.717) is 46.3 Å². The number of aliphatic carboxylic acids is 1. The number of hydrogen-bond acceptors (Lipinski definition) is 9. The van der Waals surface area contributed by atoms with Crippen molar-refractivity contribution in [1.82, 2.24) is 20.3 Å². The quantitative estimate of drug-likeness (QED) is 0.457. The fourth-order valence-corrected chi connectivity index (χ4v) is 5.53.